The third-order valence-corrected chi connectivity index (χ3v) is 4.60. The average molecular weight is 413 g/mol. The fourth-order valence-electron chi connectivity index (χ4n) is 2.55. The Morgan fingerprint density at radius 3 is 2.54 bits per heavy atom. The van der Waals surface area contributed by atoms with Gasteiger partial charge < -0.3 is 9.47 Å². The first-order chi connectivity index (χ1) is 12.6. The smallest absolute Gasteiger partial charge is 0.272 e. The number of halogens is 1. The van der Waals surface area contributed by atoms with Gasteiger partial charge in [-0.1, -0.05) is 24.3 Å². The number of hydrogen-bond donors (Lipinski definition) is 1. The summed E-state index contributed by atoms with van der Waals surface area (Å²) in [6.45, 7) is 0. The van der Waals surface area contributed by atoms with Crippen LogP contribution < -0.4 is 14.9 Å². The zero-order valence-electron chi connectivity index (χ0n) is 14.3. The summed E-state index contributed by atoms with van der Waals surface area (Å²) in [6, 6.07) is 16.9. The van der Waals surface area contributed by atoms with Gasteiger partial charge in [-0.2, -0.15) is 5.10 Å². The number of amides is 1. The van der Waals surface area contributed by atoms with Crippen molar-refractivity contribution in [1.29, 1.82) is 0 Å². The quantitative estimate of drug-likeness (QED) is 0.499. The second kappa shape index (κ2) is 8.01. The molecule has 0 aromatic heterocycles. The zero-order chi connectivity index (χ0) is 18.5. The number of benzene rings is 3. The van der Waals surface area contributed by atoms with Crippen LogP contribution >= 0.6 is 15.9 Å². The highest BCUT2D eigenvalue weighted by Gasteiger charge is 2.10. The molecule has 5 nitrogen and oxygen atoms in total. The number of hydrogen-bond acceptors (Lipinski definition) is 4. The summed E-state index contributed by atoms with van der Waals surface area (Å²) >= 11 is 3.36. The molecule has 0 aliphatic rings. The summed E-state index contributed by atoms with van der Waals surface area (Å²) < 4.78 is 11.1. The van der Waals surface area contributed by atoms with E-state index >= 15 is 0 Å². The molecule has 1 amide bonds. The first kappa shape index (κ1) is 17.9. The van der Waals surface area contributed by atoms with Crippen molar-refractivity contribution in [3.8, 4) is 11.5 Å². The first-order valence-corrected chi connectivity index (χ1v) is 8.65. The minimum atomic E-state index is -0.325. The molecule has 26 heavy (non-hydrogen) atoms. The number of nitrogens with zero attached hydrogens (tertiary/aromatic N) is 1. The van der Waals surface area contributed by atoms with Crippen LogP contribution in [0.1, 0.15) is 15.9 Å². The molecule has 0 bridgehead atoms. The van der Waals surface area contributed by atoms with E-state index in [-0.39, 0.29) is 5.91 Å². The maximum Gasteiger partial charge on any atom is 0.272 e. The second-order valence-electron chi connectivity index (χ2n) is 5.48. The Morgan fingerprint density at radius 2 is 1.77 bits per heavy atom. The molecule has 132 valence electrons. The number of rotatable bonds is 5. The minimum Gasteiger partial charge on any atom is -0.497 e. The number of hydrazone groups is 1. The van der Waals surface area contributed by atoms with Crippen LogP contribution in [0.4, 0.5) is 0 Å². The Kier molecular flexibility index (Phi) is 5.53. The number of carbonyl (C=O) groups is 1. The Bertz CT molecular complexity index is 986. The summed E-state index contributed by atoms with van der Waals surface area (Å²) in [5.41, 5.74) is 3.89. The predicted octanol–water partition coefficient (Wildman–Crippen LogP) is 4.38. The average Bonchev–Trinajstić information content (AvgIpc) is 2.67. The predicted molar refractivity (Wildman–Crippen MR) is 106 cm³/mol. The van der Waals surface area contributed by atoms with Gasteiger partial charge in [0.25, 0.3) is 5.91 Å². The largest absolute Gasteiger partial charge is 0.497 e. The van der Waals surface area contributed by atoms with Crippen LogP contribution in [0.5, 0.6) is 11.5 Å². The third kappa shape index (κ3) is 3.86. The molecule has 3 aromatic carbocycles. The van der Waals surface area contributed by atoms with E-state index in [0.717, 1.165) is 22.1 Å². The summed E-state index contributed by atoms with van der Waals surface area (Å²) in [5, 5.41) is 6.15. The highest BCUT2D eigenvalue weighted by Crippen LogP contribution is 2.24. The summed E-state index contributed by atoms with van der Waals surface area (Å²) in [5.74, 6) is 1.07. The maximum absolute atomic E-state index is 12.3. The summed E-state index contributed by atoms with van der Waals surface area (Å²) in [4.78, 5) is 12.3. The standard InChI is InChI=1S/C20H17BrN2O3/c1-25-15-6-8-17-13(10-15)4-3-5-14(17)12-22-23-20(24)18-11-16(26-2)7-9-19(18)21/h3-12H,1-2H3,(H,23,24)/b22-12-. The van der Waals surface area contributed by atoms with Crippen LogP contribution in [-0.4, -0.2) is 26.3 Å². The minimum absolute atomic E-state index is 0.325. The topological polar surface area (TPSA) is 59.9 Å². The Balaban J connectivity index is 1.81. The molecule has 0 aliphatic heterocycles. The lowest BCUT2D eigenvalue weighted by Crippen LogP contribution is -2.18. The molecule has 0 saturated carbocycles. The van der Waals surface area contributed by atoms with E-state index in [2.05, 4.69) is 26.5 Å². The molecular weight excluding hydrogens is 396 g/mol. The van der Waals surface area contributed by atoms with Gasteiger partial charge in [0.15, 0.2) is 0 Å². The molecule has 3 aromatic rings. The van der Waals surface area contributed by atoms with Gasteiger partial charge in [0.1, 0.15) is 11.5 Å². The zero-order valence-corrected chi connectivity index (χ0v) is 15.9. The molecule has 0 aliphatic carbocycles. The molecular formula is C20H17BrN2O3. The molecule has 0 heterocycles. The monoisotopic (exact) mass is 412 g/mol. The van der Waals surface area contributed by atoms with Crippen LogP contribution in [0.2, 0.25) is 0 Å². The fraction of sp³-hybridized carbons (Fsp3) is 0.100. The van der Waals surface area contributed by atoms with E-state index in [1.165, 1.54) is 0 Å². The number of nitrogens with one attached hydrogen (secondary N) is 1. The molecule has 0 radical (unpaired) electrons. The second-order valence-corrected chi connectivity index (χ2v) is 6.33. The van der Waals surface area contributed by atoms with E-state index in [4.69, 9.17) is 9.47 Å². The Labute approximate surface area is 159 Å². The number of methoxy groups -OCH3 is 2. The lowest BCUT2D eigenvalue weighted by molar-refractivity contribution is 0.0954. The molecule has 0 fully saturated rings. The molecule has 0 atom stereocenters. The van der Waals surface area contributed by atoms with Crippen molar-refractivity contribution in [3.05, 3.63) is 70.2 Å². The normalized spacial score (nSPS) is 10.9. The van der Waals surface area contributed by atoms with Gasteiger partial charge in [0, 0.05) is 10.0 Å². The van der Waals surface area contributed by atoms with Gasteiger partial charge in [-0.3, -0.25) is 4.79 Å². The van der Waals surface area contributed by atoms with Crippen LogP contribution in [0.25, 0.3) is 10.8 Å². The van der Waals surface area contributed by atoms with Gasteiger partial charge in [-0.25, -0.2) is 5.43 Å². The summed E-state index contributed by atoms with van der Waals surface area (Å²) in [6.07, 6.45) is 1.63. The number of fused-ring (bicyclic) bond motifs is 1. The van der Waals surface area contributed by atoms with E-state index in [1.54, 1.807) is 38.6 Å². The van der Waals surface area contributed by atoms with Crippen molar-refractivity contribution in [3.63, 3.8) is 0 Å². The number of carbonyl (C=O) groups excluding carboxylic acids is 1. The lowest BCUT2D eigenvalue weighted by Gasteiger charge is -2.06. The lowest BCUT2D eigenvalue weighted by atomic mass is 10.1. The van der Waals surface area contributed by atoms with Crippen LogP contribution in [0.15, 0.2) is 64.2 Å². The van der Waals surface area contributed by atoms with Crippen molar-refractivity contribution in [2.24, 2.45) is 5.10 Å². The van der Waals surface area contributed by atoms with Crippen LogP contribution in [0.3, 0.4) is 0 Å². The van der Waals surface area contributed by atoms with E-state index in [0.29, 0.717) is 15.8 Å². The molecule has 3 rings (SSSR count). The van der Waals surface area contributed by atoms with Crippen molar-refractivity contribution < 1.29 is 14.3 Å². The van der Waals surface area contributed by atoms with Crippen molar-refractivity contribution >= 4 is 38.8 Å². The van der Waals surface area contributed by atoms with Gasteiger partial charge in [0.05, 0.1) is 26.0 Å². The third-order valence-electron chi connectivity index (χ3n) is 3.91. The van der Waals surface area contributed by atoms with Crippen LogP contribution in [-0.2, 0) is 0 Å². The molecule has 0 spiro atoms. The van der Waals surface area contributed by atoms with Crippen molar-refractivity contribution in [1.82, 2.24) is 5.43 Å². The molecule has 6 heteroatoms. The van der Waals surface area contributed by atoms with E-state index < -0.39 is 0 Å². The molecule has 0 unspecified atom stereocenters. The SMILES string of the molecule is COc1ccc(Br)c(C(=O)N/N=C\c2cccc3cc(OC)ccc23)c1. The van der Waals surface area contributed by atoms with Gasteiger partial charge in [-0.15, -0.1) is 0 Å². The van der Waals surface area contributed by atoms with E-state index in [9.17, 15) is 4.79 Å². The molecule has 1 N–H and O–H groups in total. The van der Waals surface area contributed by atoms with Gasteiger partial charge in [0.2, 0.25) is 0 Å². The van der Waals surface area contributed by atoms with Gasteiger partial charge in [-0.05, 0) is 57.0 Å². The van der Waals surface area contributed by atoms with Crippen molar-refractivity contribution in [2.45, 2.75) is 0 Å². The Hall–Kier alpha value is -2.86. The highest BCUT2D eigenvalue weighted by atomic mass is 79.9. The maximum atomic E-state index is 12.3. The number of ether oxygens (including phenoxy) is 2. The van der Waals surface area contributed by atoms with Crippen molar-refractivity contribution in [2.75, 3.05) is 14.2 Å². The highest BCUT2D eigenvalue weighted by molar-refractivity contribution is 9.10. The fourth-order valence-corrected chi connectivity index (χ4v) is 2.98. The first-order valence-electron chi connectivity index (χ1n) is 7.86. The van der Waals surface area contributed by atoms with E-state index in [1.807, 2.05) is 36.4 Å². The van der Waals surface area contributed by atoms with Gasteiger partial charge >= 0.3 is 0 Å². The summed E-state index contributed by atoms with van der Waals surface area (Å²) in [7, 11) is 3.19. The van der Waals surface area contributed by atoms with Crippen LogP contribution in [0, 0.1) is 0 Å². The Morgan fingerprint density at radius 1 is 1.04 bits per heavy atom. The molecule has 0 saturated heterocycles.